The predicted octanol–water partition coefficient (Wildman–Crippen LogP) is 2.08. The average molecular weight is 318 g/mol. The Morgan fingerprint density at radius 2 is 2.09 bits per heavy atom. The van der Waals surface area contributed by atoms with Crippen LogP contribution < -0.4 is 9.46 Å². The molecule has 3 aromatic rings. The zero-order valence-electron chi connectivity index (χ0n) is 12.0. The number of benzene rings is 1. The number of sulfonamides is 1. The first-order valence-corrected chi connectivity index (χ1v) is 7.96. The van der Waals surface area contributed by atoms with Crippen molar-refractivity contribution in [2.75, 3.05) is 11.8 Å². The minimum atomic E-state index is -3.74. The molecule has 2 N–H and O–H groups in total. The molecule has 114 valence electrons. The van der Waals surface area contributed by atoms with E-state index in [-0.39, 0.29) is 10.7 Å². The van der Waals surface area contributed by atoms with Crippen molar-refractivity contribution in [1.29, 1.82) is 0 Å². The van der Waals surface area contributed by atoms with E-state index in [1.165, 1.54) is 13.2 Å². The number of hydrogen-bond acceptors (Lipinski definition) is 5. The van der Waals surface area contributed by atoms with Crippen molar-refractivity contribution >= 4 is 26.9 Å². The van der Waals surface area contributed by atoms with Crippen LogP contribution in [-0.4, -0.2) is 30.7 Å². The number of ether oxygens (including phenoxy) is 1. The molecule has 8 heteroatoms. The predicted molar refractivity (Wildman–Crippen MR) is 82.4 cm³/mol. The molecule has 0 aliphatic rings. The van der Waals surface area contributed by atoms with Crippen molar-refractivity contribution in [3.8, 4) is 5.75 Å². The van der Waals surface area contributed by atoms with Crippen LogP contribution in [0.4, 0.5) is 5.82 Å². The molecular formula is C14H14N4O3S. The van der Waals surface area contributed by atoms with Gasteiger partial charge in [0, 0.05) is 6.20 Å². The molecule has 1 aromatic carbocycles. The third-order valence-electron chi connectivity index (χ3n) is 3.24. The third-order valence-corrected chi connectivity index (χ3v) is 4.58. The van der Waals surface area contributed by atoms with Crippen LogP contribution in [0.15, 0.2) is 41.4 Å². The van der Waals surface area contributed by atoms with Gasteiger partial charge in [0.15, 0.2) is 11.5 Å². The van der Waals surface area contributed by atoms with Crippen LogP contribution in [-0.2, 0) is 10.0 Å². The molecule has 0 aliphatic heterocycles. The molecule has 0 saturated carbocycles. The highest BCUT2D eigenvalue weighted by molar-refractivity contribution is 7.92. The second kappa shape index (κ2) is 5.30. The zero-order chi connectivity index (χ0) is 15.7. The molecule has 22 heavy (non-hydrogen) atoms. The van der Waals surface area contributed by atoms with Gasteiger partial charge in [-0.2, -0.15) is 5.10 Å². The van der Waals surface area contributed by atoms with Gasteiger partial charge in [0.25, 0.3) is 10.0 Å². The first kappa shape index (κ1) is 14.3. The number of H-pyrrole nitrogens is 1. The van der Waals surface area contributed by atoms with Crippen LogP contribution >= 0.6 is 0 Å². The first-order chi connectivity index (χ1) is 10.5. The largest absolute Gasteiger partial charge is 0.496 e. The molecule has 7 nitrogen and oxygen atoms in total. The number of rotatable bonds is 4. The maximum absolute atomic E-state index is 12.5. The summed E-state index contributed by atoms with van der Waals surface area (Å²) in [7, 11) is -2.20. The highest BCUT2D eigenvalue weighted by atomic mass is 32.2. The quantitative estimate of drug-likeness (QED) is 0.767. The number of aryl methyl sites for hydroxylation is 1. The van der Waals surface area contributed by atoms with E-state index in [9.17, 15) is 8.42 Å². The van der Waals surface area contributed by atoms with E-state index in [1.807, 2.05) is 0 Å². The standard InChI is InChI=1S/C14H14N4O3S/c1-9-8-10(5-6-12(9)21-2)22(19,20)18-14-11-4-3-7-15-13(11)16-17-14/h3-8H,1-2H3,(H2,15,16,17,18). The first-order valence-electron chi connectivity index (χ1n) is 6.48. The Kier molecular flexibility index (Phi) is 3.45. The monoisotopic (exact) mass is 318 g/mol. The van der Waals surface area contributed by atoms with Crippen molar-refractivity contribution in [3.05, 3.63) is 42.1 Å². The Balaban J connectivity index is 1.98. The number of nitrogens with one attached hydrogen (secondary N) is 2. The molecule has 0 fully saturated rings. The smallest absolute Gasteiger partial charge is 0.263 e. The van der Waals surface area contributed by atoms with Gasteiger partial charge in [0.2, 0.25) is 0 Å². The minimum absolute atomic E-state index is 0.144. The van der Waals surface area contributed by atoms with Gasteiger partial charge < -0.3 is 4.74 Å². The highest BCUT2D eigenvalue weighted by Gasteiger charge is 2.18. The number of aromatic amines is 1. The second-order valence-electron chi connectivity index (χ2n) is 4.71. The fourth-order valence-corrected chi connectivity index (χ4v) is 3.24. The SMILES string of the molecule is COc1ccc(S(=O)(=O)Nc2n[nH]c3ncccc23)cc1C. The maximum Gasteiger partial charge on any atom is 0.263 e. The van der Waals surface area contributed by atoms with Crippen LogP contribution in [0.5, 0.6) is 5.75 Å². The van der Waals surface area contributed by atoms with Gasteiger partial charge in [-0.1, -0.05) is 0 Å². The van der Waals surface area contributed by atoms with Crippen molar-refractivity contribution < 1.29 is 13.2 Å². The number of aromatic nitrogens is 3. The zero-order valence-corrected chi connectivity index (χ0v) is 12.8. The normalized spacial score (nSPS) is 11.5. The molecule has 0 saturated heterocycles. The Labute approximate surface area is 127 Å². The van der Waals surface area contributed by atoms with E-state index in [0.29, 0.717) is 16.8 Å². The summed E-state index contributed by atoms with van der Waals surface area (Å²) in [5.41, 5.74) is 1.25. The molecule has 0 amide bonds. The molecule has 3 rings (SSSR count). The molecule has 0 bridgehead atoms. The summed E-state index contributed by atoms with van der Waals surface area (Å²) in [6.07, 6.45) is 1.60. The average Bonchev–Trinajstić information content (AvgIpc) is 2.90. The van der Waals surface area contributed by atoms with Crippen molar-refractivity contribution in [1.82, 2.24) is 15.2 Å². The number of pyridine rings is 1. The van der Waals surface area contributed by atoms with E-state index >= 15 is 0 Å². The van der Waals surface area contributed by atoms with Crippen LogP contribution in [0.2, 0.25) is 0 Å². The fourth-order valence-electron chi connectivity index (χ4n) is 2.14. The van der Waals surface area contributed by atoms with Crippen LogP contribution in [0.3, 0.4) is 0 Å². The number of fused-ring (bicyclic) bond motifs is 1. The summed E-state index contributed by atoms with van der Waals surface area (Å²) in [5, 5.41) is 7.25. The molecule has 0 atom stereocenters. The van der Waals surface area contributed by atoms with Crippen molar-refractivity contribution in [2.45, 2.75) is 11.8 Å². The second-order valence-corrected chi connectivity index (χ2v) is 6.39. The lowest BCUT2D eigenvalue weighted by atomic mass is 10.2. The highest BCUT2D eigenvalue weighted by Crippen LogP contribution is 2.25. The van der Waals surface area contributed by atoms with Gasteiger partial charge in [-0.25, -0.2) is 13.4 Å². The molecule has 0 radical (unpaired) electrons. The number of methoxy groups -OCH3 is 1. The molecule has 2 aromatic heterocycles. The number of nitrogens with zero attached hydrogens (tertiary/aromatic N) is 2. The van der Waals surface area contributed by atoms with Crippen LogP contribution in [0.25, 0.3) is 11.0 Å². The van der Waals surface area contributed by atoms with E-state index < -0.39 is 10.0 Å². The Morgan fingerprint density at radius 3 is 2.82 bits per heavy atom. The lowest BCUT2D eigenvalue weighted by Gasteiger charge is -2.09. The topological polar surface area (TPSA) is 97.0 Å². The van der Waals surface area contributed by atoms with Gasteiger partial charge in [-0.05, 0) is 42.8 Å². The molecule has 2 heterocycles. The van der Waals surface area contributed by atoms with E-state index in [4.69, 9.17) is 4.74 Å². The van der Waals surface area contributed by atoms with Gasteiger partial charge in [-0.3, -0.25) is 9.82 Å². The Bertz CT molecular complexity index is 934. The van der Waals surface area contributed by atoms with Gasteiger partial charge in [0.05, 0.1) is 17.4 Å². The van der Waals surface area contributed by atoms with E-state index in [2.05, 4.69) is 19.9 Å². The Morgan fingerprint density at radius 1 is 1.27 bits per heavy atom. The van der Waals surface area contributed by atoms with Crippen LogP contribution in [0.1, 0.15) is 5.56 Å². The third kappa shape index (κ3) is 2.48. The molecule has 0 unspecified atom stereocenters. The van der Waals surface area contributed by atoms with Gasteiger partial charge in [-0.15, -0.1) is 0 Å². The number of hydrogen-bond donors (Lipinski definition) is 2. The summed E-state index contributed by atoms with van der Waals surface area (Å²) in [5.74, 6) is 0.852. The van der Waals surface area contributed by atoms with Crippen LogP contribution in [0, 0.1) is 6.92 Å². The molecular weight excluding hydrogens is 304 g/mol. The number of anilines is 1. The van der Waals surface area contributed by atoms with E-state index in [0.717, 1.165) is 5.56 Å². The maximum atomic E-state index is 12.5. The van der Waals surface area contributed by atoms with Crippen molar-refractivity contribution in [3.63, 3.8) is 0 Å². The van der Waals surface area contributed by atoms with Gasteiger partial charge >= 0.3 is 0 Å². The van der Waals surface area contributed by atoms with Gasteiger partial charge in [0.1, 0.15) is 5.75 Å². The Hall–Kier alpha value is -2.61. The molecule has 0 aliphatic carbocycles. The molecule has 0 spiro atoms. The summed E-state index contributed by atoms with van der Waals surface area (Å²) >= 11 is 0. The summed E-state index contributed by atoms with van der Waals surface area (Å²) in [6.45, 7) is 1.78. The summed E-state index contributed by atoms with van der Waals surface area (Å²) < 4.78 is 32.5. The summed E-state index contributed by atoms with van der Waals surface area (Å²) in [6, 6.07) is 8.11. The lowest BCUT2D eigenvalue weighted by molar-refractivity contribution is 0.411. The minimum Gasteiger partial charge on any atom is -0.496 e. The summed E-state index contributed by atoms with van der Waals surface area (Å²) in [4.78, 5) is 4.22. The van der Waals surface area contributed by atoms with Crippen molar-refractivity contribution in [2.24, 2.45) is 0 Å². The fraction of sp³-hybridized carbons (Fsp3) is 0.143. The van der Waals surface area contributed by atoms with E-state index in [1.54, 1.807) is 37.4 Å². The lowest BCUT2D eigenvalue weighted by Crippen LogP contribution is -2.13.